The molecular formula is C12H13ClN2O2S2. The van der Waals surface area contributed by atoms with E-state index in [1.165, 1.54) is 0 Å². The van der Waals surface area contributed by atoms with Crippen molar-refractivity contribution >= 4 is 44.7 Å². The van der Waals surface area contributed by atoms with Gasteiger partial charge in [0, 0.05) is 11.1 Å². The maximum absolute atomic E-state index is 11.5. The standard InChI is InChI=1S/C12H13ClN2O2S2/c13-8-1-2-10-11(7-8)15(12(18)14-10)9-3-5-19(16,17)6-4-9/h1-2,7,9H,3-6H2,(H,14,18). The number of nitrogens with one attached hydrogen (secondary N) is 1. The Bertz CT molecular complexity index is 778. The molecule has 4 nitrogen and oxygen atoms in total. The van der Waals surface area contributed by atoms with Crippen molar-refractivity contribution in [3.63, 3.8) is 0 Å². The van der Waals surface area contributed by atoms with Crippen LogP contribution in [0.5, 0.6) is 0 Å². The first-order chi connectivity index (χ1) is 8.96. The first-order valence-electron chi connectivity index (χ1n) is 6.06. The molecule has 0 unspecified atom stereocenters. The molecule has 1 aliphatic rings. The summed E-state index contributed by atoms with van der Waals surface area (Å²) in [5, 5.41) is 0.652. The highest BCUT2D eigenvalue weighted by Crippen LogP contribution is 2.29. The van der Waals surface area contributed by atoms with Crippen molar-refractivity contribution in [2.75, 3.05) is 11.5 Å². The fraction of sp³-hybridized carbons (Fsp3) is 0.417. The van der Waals surface area contributed by atoms with Crippen molar-refractivity contribution in [3.05, 3.63) is 28.0 Å². The molecule has 3 rings (SSSR count). The van der Waals surface area contributed by atoms with Gasteiger partial charge in [-0.3, -0.25) is 0 Å². The first kappa shape index (κ1) is 13.1. The van der Waals surface area contributed by atoms with Crippen molar-refractivity contribution in [2.24, 2.45) is 0 Å². The van der Waals surface area contributed by atoms with E-state index in [2.05, 4.69) is 4.98 Å². The minimum Gasteiger partial charge on any atom is -0.331 e. The van der Waals surface area contributed by atoms with Crippen LogP contribution in [0.3, 0.4) is 0 Å². The average molecular weight is 317 g/mol. The number of halogens is 1. The van der Waals surface area contributed by atoms with Crippen molar-refractivity contribution in [3.8, 4) is 0 Å². The number of H-pyrrole nitrogens is 1. The van der Waals surface area contributed by atoms with Gasteiger partial charge in [-0.05, 0) is 43.3 Å². The van der Waals surface area contributed by atoms with Crippen LogP contribution in [0.4, 0.5) is 0 Å². The number of fused-ring (bicyclic) bond motifs is 1. The maximum Gasteiger partial charge on any atom is 0.178 e. The highest BCUT2D eigenvalue weighted by molar-refractivity contribution is 7.91. The molecule has 0 amide bonds. The molecule has 0 atom stereocenters. The minimum absolute atomic E-state index is 0.128. The van der Waals surface area contributed by atoms with Crippen molar-refractivity contribution < 1.29 is 8.42 Å². The number of aromatic nitrogens is 2. The zero-order valence-corrected chi connectivity index (χ0v) is 12.5. The summed E-state index contributed by atoms with van der Waals surface area (Å²) in [6.45, 7) is 0. The SMILES string of the molecule is O=S1(=O)CCC(n2c(=S)[nH]c3ccc(Cl)cc32)CC1. The molecule has 1 saturated heterocycles. The van der Waals surface area contributed by atoms with Crippen molar-refractivity contribution in [1.29, 1.82) is 0 Å². The van der Waals surface area contributed by atoms with Gasteiger partial charge in [-0.2, -0.15) is 0 Å². The summed E-state index contributed by atoms with van der Waals surface area (Å²) < 4.78 is 25.6. The second-order valence-corrected chi connectivity index (χ2v) is 7.97. The van der Waals surface area contributed by atoms with E-state index in [4.69, 9.17) is 23.8 Å². The molecule has 2 aromatic rings. The third-order valence-corrected chi connectivity index (χ3v) is 5.82. The molecule has 0 bridgehead atoms. The highest BCUT2D eigenvalue weighted by atomic mass is 35.5. The third-order valence-electron chi connectivity index (χ3n) is 3.57. The lowest BCUT2D eigenvalue weighted by Crippen LogP contribution is -2.25. The summed E-state index contributed by atoms with van der Waals surface area (Å²) in [5.74, 6) is 0.458. The largest absolute Gasteiger partial charge is 0.331 e. The molecule has 1 aliphatic heterocycles. The summed E-state index contributed by atoms with van der Waals surface area (Å²) >= 11 is 11.4. The number of nitrogens with zero attached hydrogens (tertiary/aromatic N) is 1. The molecule has 1 aromatic heterocycles. The predicted molar refractivity (Wildman–Crippen MR) is 79.1 cm³/mol. The number of imidazole rings is 1. The zero-order valence-electron chi connectivity index (χ0n) is 10.1. The van der Waals surface area contributed by atoms with Gasteiger partial charge >= 0.3 is 0 Å². The van der Waals surface area contributed by atoms with Gasteiger partial charge in [-0.1, -0.05) is 11.6 Å². The number of aromatic amines is 1. The maximum atomic E-state index is 11.5. The minimum atomic E-state index is -2.86. The molecular weight excluding hydrogens is 304 g/mol. The third kappa shape index (κ3) is 2.44. The lowest BCUT2D eigenvalue weighted by molar-refractivity contribution is 0.455. The molecule has 7 heteroatoms. The van der Waals surface area contributed by atoms with Gasteiger partial charge in [0.25, 0.3) is 0 Å². The molecule has 102 valence electrons. The topological polar surface area (TPSA) is 54.9 Å². The lowest BCUT2D eigenvalue weighted by Gasteiger charge is -2.23. The van der Waals surface area contributed by atoms with E-state index < -0.39 is 9.84 Å². The number of sulfone groups is 1. The van der Waals surface area contributed by atoms with Crippen LogP contribution in [0.25, 0.3) is 11.0 Å². The molecule has 0 spiro atoms. The van der Waals surface area contributed by atoms with Gasteiger partial charge in [-0.25, -0.2) is 8.42 Å². The van der Waals surface area contributed by atoms with Gasteiger partial charge < -0.3 is 9.55 Å². The molecule has 2 heterocycles. The Hall–Kier alpha value is -0.850. The quantitative estimate of drug-likeness (QED) is 0.822. The summed E-state index contributed by atoms with van der Waals surface area (Å²) in [7, 11) is -2.86. The number of benzene rings is 1. The van der Waals surface area contributed by atoms with Gasteiger partial charge in [0.15, 0.2) is 4.77 Å². The van der Waals surface area contributed by atoms with Gasteiger partial charge in [0.2, 0.25) is 0 Å². The molecule has 19 heavy (non-hydrogen) atoms. The number of hydrogen-bond acceptors (Lipinski definition) is 3. The van der Waals surface area contributed by atoms with Gasteiger partial charge in [0.1, 0.15) is 9.84 Å². The lowest BCUT2D eigenvalue weighted by atomic mass is 10.1. The highest BCUT2D eigenvalue weighted by Gasteiger charge is 2.26. The Balaban J connectivity index is 2.08. The van der Waals surface area contributed by atoms with E-state index in [0.29, 0.717) is 22.6 Å². The summed E-state index contributed by atoms with van der Waals surface area (Å²) in [6, 6.07) is 5.70. The Morgan fingerprint density at radius 2 is 2.00 bits per heavy atom. The van der Waals surface area contributed by atoms with Crippen LogP contribution in [0.1, 0.15) is 18.9 Å². The Morgan fingerprint density at radius 1 is 1.32 bits per heavy atom. The van der Waals surface area contributed by atoms with E-state index in [1.807, 2.05) is 22.8 Å². The fourth-order valence-electron chi connectivity index (χ4n) is 2.59. The zero-order chi connectivity index (χ0) is 13.6. The van der Waals surface area contributed by atoms with E-state index in [0.717, 1.165) is 11.0 Å². The molecule has 1 aromatic carbocycles. The van der Waals surface area contributed by atoms with E-state index in [9.17, 15) is 8.42 Å². The van der Waals surface area contributed by atoms with Crippen LogP contribution in [0, 0.1) is 4.77 Å². The molecule has 0 radical (unpaired) electrons. The Labute approximate surface area is 121 Å². The van der Waals surface area contributed by atoms with Gasteiger partial charge in [-0.15, -0.1) is 0 Å². The molecule has 1 fully saturated rings. The molecule has 0 aliphatic carbocycles. The predicted octanol–water partition coefficient (Wildman–Crippen LogP) is 3.10. The summed E-state index contributed by atoms with van der Waals surface area (Å²) in [4.78, 5) is 3.14. The van der Waals surface area contributed by atoms with Crippen LogP contribution < -0.4 is 0 Å². The van der Waals surface area contributed by atoms with Crippen LogP contribution in [-0.2, 0) is 9.84 Å². The van der Waals surface area contributed by atoms with Crippen LogP contribution in [0.15, 0.2) is 18.2 Å². The second kappa shape index (κ2) is 4.61. The molecule has 1 N–H and O–H groups in total. The van der Waals surface area contributed by atoms with Gasteiger partial charge in [0.05, 0.1) is 22.5 Å². The Morgan fingerprint density at radius 3 is 2.68 bits per heavy atom. The van der Waals surface area contributed by atoms with Crippen LogP contribution >= 0.6 is 23.8 Å². The number of hydrogen-bond donors (Lipinski definition) is 1. The van der Waals surface area contributed by atoms with E-state index in [-0.39, 0.29) is 17.5 Å². The Kier molecular flexibility index (Phi) is 3.19. The fourth-order valence-corrected chi connectivity index (χ4v) is 4.58. The van der Waals surface area contributed by atoms with Crippen molar-refractivity contribution in [2.45, 2.75) is 18.9 Å². The normalized spacial score (nSPS) is 19.8. The smallest absolute Gasteiger partial charge is 0.178 e. The van der Waals surface area contributed by atoms with E-state index in [1.54, 1.807) is 0 Å². The first-order valence-corrected chi connectivity index (χ1v) is 8.67. The summed E-state index contributed by atoms with van der Waals surface area (Å²) in [6.07, 6.45) is 1.21. The van der Waals surface area contributed by atoms with Crippen LogP contribution in [-0.4, -0.2) is 29.5 Å². The number of rotatable bonds is 1. The second-order valence-electron chi connectivity index (χ2n) is 4.84. The average Bonchev–Trinajstić information content (AvgIpc) is 2.65. The van der Waals surface area contributed by atoms with E-state index >= 15 is 0 Å². The monoisotopic (exact) mass is 316 g/mol. The summed E-state index contributed by atoms with van der Waals surface area (Å²) in [5.41, 5.74) is 1.88. The van der Waals surface area contributed by atoms with Crippen LogP contribution in [0.2, 0.25) is 5.02 Å². The molecule has 0 saturated carbocycles. The van der Waals surface area contributed by atoms with Crippen molar-refractivity contribution in [1.82, 2.24) is 9.55 Å².